The second kappa shape index (κ2) is 9.86. The topological polar surface area (TPSA) is 160 Å². The molecule has 0 saturated carbocycles. The Morgan fingerprint density at radius 2 is 1.94 bits per heavy atom. The van der Waals surface area contributed by atoms with Crippen LogP contribution in [0.4, 0.5) is 5.69 Å². The average Bonchev–Trinajstić information content (AvgIpc) is 2.65. The van der Waals surface area contributed by atoms with E-state index < -0.39 is 21.7 Å². The van der Waals surface area contributed by atoms with Crippen molar-refractivity contribution in [2.45, 2.75) is 25.7 Å². The fourth-order valence-electron chi connectivity index (χ4n) is 2.57. The monoisotopic (exact) mass is 453 g/mol. The lowest BCUT2D eigenvalue weighted by molar-refractivity contribution is -0.119. The van der Waals surface area contributed by atoms with Crippen molar-refractivity contribution in [3.05, 3.63) is 48.0 Å². The summed E-state index contributed by atoms with van der Waals surface area (Å²) in [6.45, 7) is 3.45. The van der Waals surface area contributed by atoms with Crippen LogP contribution in [0.25, 0.3) is 0 Å². The number of rotatable bonds is 11. The largest absolute Gasteiger partial charge is 0.507 e. The van der Waals surface area contributed by atoms with Crippen LogP contribution >= 0.6 is 0 Å². The fraction of sp³-hybridized carbons (Fsp3) is 0.350. The minimum absolute atomic E-state index is 0.00244. The molecule has 2 unspecified atom stereocenters. The Morgan fingerprint density at radius 3 is 2.55 bits per heavy atom. The van der Waals surface area contributed by atoms with Gasteiger partial charge in [0.1, 0.15) is 23.9 Å². The second-order valence-corrected chi connectivity index (χ2v) is 9.03. The van der Waals surface area contributed by atoms with Gasteiger partial charge in [0.25, 0.3) is 5.91 Å². The lowest BCUT2D eigenvalue weighted by atomic mass is 10.2. The van der Waals surface area contributed by atoms with E-state index in [1.165, 1.54) is 37.3 Å². The van der Waals surface area contributed by atoms with Gasteiger partial charge in [-0.15, -0.1) is 0 Å². The second-order valence-electron chi connectivity index (χ2n) is 7.28. The van der Waals surface area contributed by atoms with Crippen molar-refractivity contribution in [2.24, 2.45) is 5.73 Å². The van der Waals surface area contributed by atoms with E-state index in [2.05, 4.69) is 10.0 Å². The molecule has 31 heavy (non-hydrogen) atoms. The van der Waals surface area contributed by atoms with E-state index in [1.54, 1.807) is 12.1 Å². The highest BCUT2D eigenvalue weighted by Crippen LogP contribution is 2.28. The number of phenols is 1. The summed E-state index contributed by atoms with van der Waals surface area (Å²) in [5, 5.41) is 23.4. The standard InChI is InChI=1S/C20H27N3O7S/c1-13(11-29-14-8-9-15(19(21)25)17(24)10-14)22-12-20(2,26)30-18-7-5-4-6-16(18)23-31(3,27)28/h4-10,13,22-24,26H,11-12H2,1-3H3,(H2,21,25). The van der Waals surface area contributed by atoms with Gasteiger partial charge in [-0.3, -0.25) is 9.52 Å². The predicted octanol–water partition coefficient (Wildman–Crippen LogP) is 1.01. The maximum Gasteiger partial charge on any atom is 0.252 e. The van der Waals surface area contributed by atoms with Gasteiger partial charge in [-0.05, 0) is 31.2 Å². The number of carbonyl (C=O) groups excluding carboxylic acids is 1. The number of carbonyl (C=O) groups is 1. The minimum Gasteiger partial charge on any atom is -0.507 e. The smallest absolute Gasteiger partial charge is 0.252 e. The molecule has 0 saturated heterocycles. The summed E-state index contributed by atoms with van der Waals surface area (Å²) in [7, 11) is -3.51. The molecule has 0 aliphatic heterocycles. The number of benzene rings is 2. The molecule has 0 spiro atoms. The predicted molar refractivity (Wildman–Crippen MR) is 116 cm³/mol. The van der Waals surface area contributed by atoms with Gasteiger partial charge in [0.05, 0.1) is 24.1 Å². The third-order valence-electron chi connectivity index (χ3n) is 4.03. The number of para-hydroxylation sites is 2. The summed E-state index contributed by atoms with van der Waals surface area (Å²) >= 11 is 0. The van der Waals surface area contributed by atoms with Crippen molar-refractivity contribution in [3.8, 4) is 17.2 Å². The van der Waals surface area contributed by atoms with E-state index in [0.29, 0.717) is 5.75 Å². The number of hydrogen-bond donors (Lipinski definition) is 5. The Morgan fingerprint density at radius 1 is 1.26 bits per heavy atom. The first-order chi connectivity index (χ1) is 14.4. The first kappa shape index (κ1) is 24.3. The van der Waals surface area contributed by atoms with Gasteiger partial charge in [-0.1, -0.05) is 12.1 Å². The van der Waals surface area contributed by atoms with Gasteiger partial charge >= 0.3 is 0 Å². The Kier molecular flexibility index (Phi) is 7.71. The van der Waals surface area contributed by atoms with Crippen molar-refractivity contribution in [1.82, 2.24) is 5.32 Å². The Balaban J connectivity index is 1.91. The molecule has 2 aromatic rings. The van der Waals surface area contributed by atoms with Crippen LogP contribution in [0.2, 0.25) is 0 Å². The SMILES string of the molecule is CC(COc1ccc(C(N)=O)c(O)c1)NCC(C)(O)Oc1ccccc1NS(C)(=O)=O. The van der Waals surface area contributed by atoms with Gasteiger partial charge in [0.15, 0.2) is 0 Å². The highest BCUT2D eigenvalue weighted by Gasteiger charge is 2.25. The molecule has 170 valence electrons. The van der Waals surface area contributed by atoms with Crippen molar-refractivity contribution < 1.29 is 32.9 Å². The molecule has 0 aliphatic carbocycles. The first-order valence-electron chi connectivity index (χ1n) is 9.33. The molecule has 11 heteroatoms. The minimum atomic E-state index is -3.51. The molecular weight excluding hydrogens is 426 g/mol. The Bertz CT molecular complexity index is 1030. The van der Waals surface area contributed by atoms with Crippen LogP contribution in [0.5, 0.6) is 17.2 Å². The van der Waals surface area contributed by atoms with E-state index in [1.807, 2.05) is 6.92 Å². The fourth-order valence-corrected chi connectivity index (χ4v) is 3.13. The van der Waals surface area contributed by atoms with Crippen molar-refractivity contribution in [1.29, 1.82) is 0 Å². The maximum atomic E-state index is 11.5. The zero-order valence-corrected chi connectivity index (χ0v) is 18.3. The van der Waals surface area contributed by atoms with Gasteiger partial charge in [0, 0.05) is 19.0 Å². The van der Waals surface area contributed by atoms with Gasteiger partial charge in [-0.2, -0.15) is 0 Å². The number of nitrogens with two attached hydrogens (primary N) is 1. The number of aliphatic hydroxyl groups is 1. The number of aromatic hydroxyl groups is 1. The zero-order valence-electron chi connectivity index (χ0n) is 17.5. The first-order valence-corrected chi connectivity index (χ1v) is 11.2. The van der Waals surface area contributed by atoms with Gasteiger partial charge in [0.2, 0.25) is 15.8 Å². The Hall–Kier alpha value is -3.02. The highest BCUT2D eigenvalue weighted by atomic mass is 32.2. The van der Waals surface area contributed by atoms with Crippen molar-refractivity contribution in [3.63, 3.8) is 0 Å². The van der Waals surface area contributed by atoms with Crippen LogP contribution in [-0.4, -0.2) is 55.8 Å². The molecular formula is C20H27N3O7S. The van der Waals surface area contributed by atoms with Crippen LogP contribution in [0.1, 0.15) is 24.2 Å². The number of amides is 1. The van der Waals surface area contributed by atoms with Crippen LogP contribution in [0.3, 0.4) is 0 Å². The van der Waals surface area contributed by atoms with Crippen LogP contribution < -0.4 is 25.2 Å². The number of nitrogens with one attached hydrogen (secondary N) is 2. The summed E-state index contributed by atoms with van der Waals surface area (Å²) < 4.78 is 36.5. The molecule has 2 rings (SSSR count). The van der Waals surface area contributed by atoms with E-state index in [0.717, 1.165) is 6.26 Å². The lowest BCUT2D eigenvalue weighted by Gasteiger charge is -2.28. The molecule has 6 N–H and O–H groups in total. The molecule has 0 fully saturated rings. The lowest BCUT2D eigenvalue weighted by Crippen LogP contribution is -2.47. The number of anilines is 1. The molecule has 0 bridgehead atoms. The third kappa shape index (κ3) is 7.96. The van der Waals surface area contributed by atoms with E-state index in [9.17, 15) is 23.4 Å². The van der Waals surface area contributed by atoms with Crippen LogP contribution in [0.15, 0.2) is 42.5 Å². The van der Waals surface area contributed by atoms with E-state index >= 15 is 0 Å². The average molecular weight is 454 g/mol. The van der Waals surface area contributed by atoms with E-state index in [-0.39, 0.29) is 41.9 Å². The van der Waals surface area contributed by atoms with E-state index in [4.69, 9.17) is 15.2 Å². The third-order valence-corrected chi connectivity index (χ3v) is 4.62. The van der Waals surface area contributed by atoms with Crippen LogP contribution in [0, 0.1) is 0 Å². The molecule has 2 atom stereocenters. The number of sulfonamides is 1. The molecule has 0 heterocycles. The van der Waals surface area contributed by atoms with Crippen LogP contribution in [-0.2, 0) is 10.0 Å². The highest BCUT2D eigenvalue weighted by molar-refractivity contribution is 7.92. The quantitative estimate of drug-likeness (QED) is 0.315. The molecule has 10 nitrogen and oxygen atoms in total. The van der Waals surface area contributed by atoms with Crippen molar-refractivity contribution >= 4 is 21.6 Å². The summed E-state index contributed by atoms with van der Waals surface area (Å²) in [6, 6.07) is 10.3. The summed E-state index contributed by atoms with van der Waals surface area (Å²) in [6.07, 6.45) is 1.02. The Labute approximate surface area is 181 Å². The molecule has 0 aromatic heterocycles. The zero-order chi connectivity index (χ0) is 23.2. The maximum absolute atomic E-state index is 11.5. The number of primary amides is 1. The van der Waals surface area contributed by atoms with Crippen molar-refractivity contribution in [2.75, 3.05) is 24.1 Å². The molecule has 2 aromatic carbocycles. The summed E-state index contributed by atoms with van der Waals surface area (Å²) in [5.74, 6) is -2.14. The van der Waals surface area contributed by atoms with Gasteiger partial charge < -0.3 is 30.7 Å². The van der Waals surface area contributed by atoms with Gasteiger partial charge in [-0.25, -0.2) is 8.42 Å². The number of hydrogen-bond acceptors (Lipinski definition) is 8. The molecule has 1 amide bonds. The normalized spacial score (nSPS) is 14.3. The summed E-state index contributed by atoms with van der Waals surface area (Å²) in [5.41, 5.74) is 5.35. The molecule has 0 radical (unpaired) electrons. The number of ether oxygens (including phenoxy) is 2. The summed E-state index contributed by atoms with van der Waals surface area (Å²) in [4.78, 5) is 11.1. The molecule has 0 aliphatic rings.